The number of carbonyl (C=O) groups is 1. The average molecular weight is 211 g/mol. The summed E-state index contributed by atoms with van der Waals surface area (Å²) in [6.07, 6.45) is -0.411. The first-order chi connectivity index (χ1) is 7.10. The van der Waals surface area contributed by atoms with Gasteiger partial charge in [-0.3, -0.25) is 4.79 Å². The van der Waals surface area contributed by atoms with Gasteiger partial charge >= 0.3 is 0 Å². The Labute approximate surface area is 84.9 Å². The molecule has 0 aliphatic carbocycles. The van der Waals surface area contributed by atoms with E-state index in [1.165, 1.54) is 0 Å². The largest absolute Gasteiger partial charge is 0.491 e. The number of nitriles is 1. The highest BCUT2D eigenvalue weighted by Crippen LogP contribution is 2.23. The van der Waals surface area contributed by atoms with E-state index in [1.807, 2.05) is 0 Å². The van der Waals surface area contributed by atoms with Crippen molar-refractivity contribution < 1.29 is 18.3 Å². The van der Waals surface area contributed by atoms with Crippen molar-refractivity contribution in [1.29, 1.82) is 5.26 Å². The van der Waals surface area contributed by atoms with Crippen LogP contribution in [0.2, 0.25) is 0 Å². The fraction of sp³-hybridized carbons (Fsp3) is 0.200. The van der Waals surface area contributed by atoms with Crippen LogP contribution in [0.5, 0.6) is 5.75 Å². The third-order valence-corrected chi connectivity index (χ3v) is 1.76. The van der Waals surface area contributed by atoms with Gasteiger partial charge in [-0.05, 0) is 12.1 Å². The van der Waals surface area contributed by atoms with E-state index < -0.39 is 29.6 Å². The molecule has 0 bridgehead atoms. The fourth-order valence-corrected chi connectivity index (χ4v) is 1.09. The van der Waals surface area contributed by atoms with Crippen molar-refractivity contribution >= 4 is 5.78 Å². The van der Waals surface area contributed by atoms with Crippen molar-refractivity contribution in [2.24, 2.45) is 0 Å². The molecule has 0 saturated carbocycles. The standard InChI is InChI=1S/C10H7F2NO2/c1-15-10-7(11)4-6(5-8(10)12)9(14)2-3-13/h4-5H,2H2,1H3. The Kier molecular flexibility index (Phi) is 3.34. The maximum atomic E-state index is 13.1. The minimum absolute atomic E-state index is 0.174. The van der Waals surface area contributed by atoms with Gasteiger partial charge in [-0.1, -0.05) is 0 Å². The van der Waals surface area contributed by atoms with Gasteiger partial charge in [-0.25, -0.2) is 8.78 Å². The molecule has 0 unspecified atom stereocenters. The van der Waals surface area contributed by atoms with E-state index in [4.69, 9.17) is 5.26 Å². The number of rotatable bonds is 3. The molecule has 0 radical (unpaired) electrons. The summed E-state index contributed by atoms with van der Waals surface area (Å²) < 4.78 is 30.7. The fourth-order valence-electron chi connectivity index (χ4n) is 1.09. The number of hydrogen-bond acceptors (Lipinski definition) is 3. The van der Waals surface area contributed by atoms with Gasteiger partial charge in [-0.15, -0.1) is 0 Å². The van der Waals surface area contributed by atoms with E-state index in [1.54, 1.807) is 6.07 Å². The molecule has 0 amide bonds. The predicted molar refractivity (Wildman–Crippen MR) is 47.5 cm³/mol. The smallest absolute Gasteiger partial charge is 0.190 e. The summed E-state index contributed by atoms with van der Waals surface area (Å²) in [5.41, 5.74) is -0.174. The highest BCUT2D eigenvalue weighted by molar-refractivity contribution is 5.97. The van der Waals surface area contributed by atoms with Crippen LogP contribution in [0.15, 0.2) is 12.1 Å². The molecule has 15 heavy (non-hydrogen) atoms. The number of Topliss-reactive ketones (excluding diaryl/α,β-unsaturated/α-hetero) is 1. The zero-order chi connectivity index (χ0) is 11.4. The lowest BCUT2D eigenvalue weighted by molar-refractivity contribution is 0.0996. The van der Waals surface area contributed by atoms with Crippen LogP contribution in [0, 0.1) is 23.0 Å². The summed E-state index contributed by atoms with van der Waals surface area (Å²) in [4.78, 5) is 11.2. The lowest BCUT2D eigenvalue weighted by Gasteiger charge is -2.04. The molecular weight excluding hydrogens is 204 g/mol. The lowest BCUT2D eigenvalue weighted by Crippen LogP contribution is -2.01. The number of halogens is 2. The van der Waals surface area contributed by atoms with Crippen molar-refractivity contribution in [3.63, 3.8) is 0 Å². The third-order valence-electron chi connectivity index (χ3n) is 1.76. The normalized spacial score (nSPS) is 9.47. The third kappa shape index (κ3) is 2.29. The summed E-state index contributed by atoms with van der Waals surface area (Å²) in [6, 6.07) is 3.31. The van der Waals surface area contributed by atoms with Crippen molar-refractivity contribution in [2.75, 3.05) is 7.11 Å². The Balaban J connectivity index is 3.15. The first-order valence-corrected chi connectivity index (χ1v) is 4.03. The van der Waals surface area contributed by atoms with Crippen LogP contribution in [-0.2, 0) is 0 Å². The molecule has 1 rings (SSSR count). The molecule has 0 aromatic heterocycles. The number of ether oxygens (including phenoxy) is 1. The first kappa shape index (κ1) is 11.1. The van der Waals surface area contributed by atoms with Crippen LogP contribution in [0.3, 0.4) is 0 Å². The number of nitrogens with zero attached hydrogens (tertiary/aromatic N) is 1. The Morgan fingerprint density at radius 2 is 2.00 bits per heavy atom. The van der Waals surface area contributed by atoms with Crippen molar-refractivity contribution in [1.82, 2.24) is 0 Å². The molecule has 1 aromatic carbocycles. The van der Waals surface area contributed by atoms with Crippen LogP contribution in [0.4, 0.5) is 8.78 Å². The molecule has 0 N–H and O–H groups in total. The molecule has 3 nitrogen and oxygen atoms in total. The first-order valence-electron chi connectivity index (χ1n) is 4.03. The van der Waals surface area contributed by atoms with Gasteiger partial charge in [0.05, 0.1) is 19.6 Å². The van der Waals surface area contributed by atoms with Crippen LogP contribution < -0.4 is 4.74 Å². The Bertz CT molecular complexity index is 415. The topological polar surface area (TPSA) is 50.1 Å². The molecule has 0 atom stereocenters. The lowest BCUT2D eigenvalue weighted by atomic mass is 10.1. The summed E-state index contributed by atoms with van der Waals surface area (Å²) in [5, 5.41) is 8.25. The van der Waals surface area contributed by atoms with Gasteiger partial charge in [0.15, 0.2) is 23.2 Å². The molecule has 0 spiro atoms. The molecule has 5 heteroatoms. The van der Waals surface area contributed by atoms with Crippen molar-refractivity contribution in [3.8, 4) is 11.8 Å². The Morgan fingerprint density at radius 3 is 2.40 bits per heavy atom. The Morgan fingerprint density at radius 1 is 1.47 bits per heavy atom. The summed E-state index contributed by atoms with van der Waals surface area (Å²) in [6.45, 7) is 0. The summed E-state index contributed by atoms with van der Waals surface area (Å²) >= 11 is 0. The second kappa shape index (κ2) is 4.51. The van der Waals surface area contributed by atoms with Crippen LogP contribution in [0.1, 0.15) is 16.8 Å². The van der Waals surface area contributed by atoms with E-state index in [0.29, 0.717) is 0 Å². The monoisotopic (exact) mass is 211 g/mol. The molecule has 1 aromatic rings. The second-order valence-electron chi connectivity index (χ2n) is 2.73. The molecule has 0 saturated heterocycles. The van der Waals surface area contributed by atoms with Gasteiger partial charge in [0.25, 0.3) is 0 Å². The minimum Gasteiger partial charge on any atom is -0.491 e. The molecule has 0 heterocycles. The number of benzene rings is 1. The van der Waals surface area contributed by atoms with E-state index >= 15 is 0 Å². The maximum Gasteiger partial charge on any atom is 0.190 e. The second-order valence-corrected chi connectivity index (χ2v) is 2.73. The molecule has 0 fully saturated rings. The number of hydrogen-bond donors (Lipinski definition) is 0. The summed E-state index contributed by atoms with van der Waals surface area (Å²) in [7, 11) is 1.12. The molecule has 0 aliphatic rings. The van der Waals surface area contributed by atoms with Gasteiger partial charge in [0.1, 0.15) is 0 Å². The van der Waals surface area contributed by atoms with E-state index in [-0.39, 0.29) is 5.56 Å². The van der Waals surface area contributed by atoms with E-state index in [0.717, 1.165) is 19.2 Å². The average Bonchev–Trinajstić information content (AvgIpc) is 2.17. The predicted octanol–water partition coefficient (Wildman–Crippen LogP) is 2.07. The van der Waals surface area contributed by atoms with Gasteiger partial charge in [0.2, 0.25) is 0 Å². The minimum atomic E-state index is -0.959. The SMILES string of the molecule is COc1c(F)cc(C(=O)CC#N)cc1F. The molecular formula is C10H7F2NO2. The van der Waals surface area contributed by atoms with Crippen LogP contribution in [-0.4, -0.2) is 12.9 Å². The molecule has 78 valence electrons. The summed E-state index contributed by atoms with van der Waals surface area (Å²) in [5.74, 6) is -3.08. The number of methoxy groups -OCH3 is 1. The van der Waals surface area contributed by atoms with Gasteiger partial charge in [-0.2, -0.15) is 5.26 Å². The van der Waals surface area contributed by atoms with E-state index in [9.17, 15) is 13.6 Å². The Hall–Kier alpha value is -1.96. The van der Waals surface area contributed by atoms with Gasteiger partial charge in [0, 0.05) is 5.56 Å². The van der Waals surface area contributed by atoms with E-state index in [2.05, 4.69) is 4.74 Å². The molecule has 0 aliphatic heterocycles. The van der Waals surface area contributed by atoms with Crippen molar-refractivity contribution in [2.45, 2.75) is 6.42 Å². The zero-order valence-corrected chi connectivity index (χ0v) is 7.88. The van der Waals surface area contributed by atoms with Crippen molar-refractivity contribution in [3.05, 3.63) is 29.3 Å². The van der Waals surface area contributed by atoms with Gasteiger partial charge < -0.3 is 4.74 Å². The zero-order valence-electron chi connectivity index (χ0n) is 7.88. The van der Waals surface area contributed by atoms with Crippen LogP contribution >= 0.6 is 0 Å². The highest BCUT2D eigenvalue weighted by Gasteiger charge is 2.15. The number of ketones is 1. The maximum absolute atomic E-state index is 13.1. The highest BCUT2D eigenvalue weighted by atomic mass is 19.1. The number of carbonyl (C=O) groups excluding carboxylic acids is 1. The van der Waals surface area contributed by atoms with Crippen LogP contribution in [0.25, 0.3) is 0 Å². The quantitative estimate of drug-likeness (QED) is 0.719.